The zero-order valence-electron chi connectivity index (χ0n) is 11.1. The molecule has 0 atom stereocenters. The van der Waals surface area contributed by atoms with Crippen LogP contribution in [0.4, 0.5) is 0 Å². The van der Waals surface area contributed by atoms with Crippen molar-refractivity contribution in [1.82, 2.24) is 5.32 Å². The molecule has 0 aliphatic heterocycles. The van der Waals surface area contributed by atoms with Crippen LogP contribution in [0.2, 0.25) is 0 Å². The van der Waals surface area contributed by atoms with Crippen molar-refractivity contribution in [2.45, 2.75) is 44.8 Å². The second-order valence-corrected chi connectivity index (χ2v) is 4.58. The van der Waals surface area contributed by atoms with Crippen LogP contribution in [0.5, 0.6) is 0 Å². The highest BCUT2D eigenvalue weighted by Gasteiger charge is 2.18. The molecule has 0 spiro atoms. The first kappa shape index (κ1) is 14.9. The molecule has 0 aromatic carbocycles. The summed E-state index contributed by atoms with van der Waals surface area (Å²) in [7, 11) is 0. The lowest BCUT2D eigenvalue weighted by Gasteiger charge is -2.26. The molecule has 0 aromatic heterocycles. The van der Waals surface area contributed by atoms with Gasteiger partial charge in [-0.2, -0.15) is 0 Å². The number of ether oxygens (including phenoxy) is 1. The molecule has 1 amide bonds. The maximum atomic E-state index is 11.3. The summed E-state index contributed by atoms with van der Waals surface area (Å²) in [5, 5.41) is 2.78. The molecule has 1 rings (SSSR count). The van der Waals surface area contributed by atoms with E-state index in [4.69, 9.17) is 10.5 Å². The van der Waals surface area contributed by atoms with Crippen LogP contribution in [0.1, 0.15) is 32.6 Å². The number of allylic oxidation sites excluding steroid dienone is 3. The predicted octanol–water partition coefficient (Wildman–Crippen LogP) is 1.52. The zero-order valence-corrected chi connectivity index (χ0v) is 11.1. The number of nitrogens with two attached hydrogens (primary N) is 1. The average molecular weight is 252 g/mol. The van der Waals surface area contributed by atoms with Crippen molar-refractivity contribution < 1.29 is 9.53 Å². The largest absolute Gasteiger partial charge is 0.376 e. The van der Waals surface area contributed by atoms with E-state index in [1.165, 1.54) is 6.08 Å². The van der Waals surface area contributed by atoms with Gasteiger partial charge in [-0.15, -0.1) is 0 Å². The van der Waals surface area contributed by atoms with E-state index in [0.29, 0.717) is 25.3 Å². The fraction of sp³-hybridized carbons (Fsp3) is 0.643. The van der Waals surface area contributed by atoms with E-state index in [1.54, 1.807) is 6.08 Å². The number of carbonyl (C=O) groups excluding carboxylic acids is 1. The monoisotopic (exact) mass is 252 g/mol. The van der Waals surface area contributed by atoms with Gasteiger partial charge in [-0.1, -0.05) is 18.2 Å². The topological polar surface area (TPSA) is 64.3 Å². The standard InChI is InChI=1S/C14H24N2O2/c1-2-3-4-5-14(17)16-10-11-18-13-8-6-12(15)7-9-13/h2-5,12-13H,6-11,15H2,1H3,(H,16,17). The van der Waals surface area contributed by atoms with E-state index in [0.717, 1.165) is 25.7 Å². The summed E-state index contributed by atoms with van der Waals surface area (Å²) < 4.78 is 5.70. The molecule has 0 heterocycles. The first-order chi connectivity index (χ1) is 8.72. The molecule has 4 heteroatoms. The third-order valence-electron chi connectivity index (χ3n) is 3.02. The Labute approximate surface area is 109 Å². The molecular weight excluding hydrogens is 228 g/mol. The van der Waals surface area contributed by atoms with E-state index < -0.39 is 0 Å². The summed E-state index contributed by atoms with van der Waals surface area (Å²) in [6.45, 7) is 3.04. The molecule has 1 aliphatic carbocycles. The molecule has 1 saturated carbocycles. The van der Waals surface area contributed by atoms with Crippen molar-refractivity contribution in [3.05, 3.63) is 24.3 Å². The highest BCUT2D eigenvalue weighted by Crippen LogP contribution is 2.19. The van der Waals surface area contributed by atoms with Crippen molar-refractivity contribution in [2.75, 3.05) is 13.2 Å². The minimum atomic E-state index is -0.0811. The van der Waals surface area contributed by atoms with Gasteiger partial charge in [0.25, 0.3) is 0 Å². The van der Waals surface area contributed by atoms with Crippen molar-refractivity contribution in [1.29, 1.82) is 0 Å². The highest BCUT2D eigenvalue weighted by atomic mass is 16.5. The van der Waals surface area contributed by atoms with E-state index >= 15 is 0 Å². The Morgan fingerprint density at radius 1 is 1.33 bits per heavy atom. The van der Waals surface area contributed by atoms with Crippen LogP contribution >= 0.6 is 0 Å². The van der Waals surface area contributed by atoms with Gasteiger partial charge in [-0.3, -0.25) is 4.79 Å². The fourth-order valence-electron chi connectivity index (χ4n) is 1.97. The first-order valence-corrected chi connectivity index (χ1v) is 6.66. The lowest BCUT2D eigenvalue weighted by Crippen LogP contribution is -2.32. The lowest BCUT2D eigenvalue weighted by atomic mass is 9.94. The molecule has 1 aliphatic rings. The molecule has 0 radical (unpaired) electrons. The van der Waals surface area contributed by atoms with Crippen molar-refractivity contribution in [3.63, 3.8) is 0 Å². The highest BCUT2D eigenvalue weighted by molar-refractivity contribution is 5.87. The van der Waals surface area contributed by atoms with Gasteiger partial charge < -0.3 is 15.8 Å². The normalized spacial score (nSPS) is 24.8. The molecule has 0 unspecified atom stereocenters. The Kier molecular flexibility index (Phi) is 7.37. The van der Waals surface area contributed by atoms with E-state index in [1.807, 2.05) is 19.1 Å². The molecule has 0 bridgehead atoms. The first-order valence-electron chi connectivity index (χ1n) is 6.66. The van der Waals surface area contributed by atoms with Crippen LogP contribution < -0.4 is 11.1 Å². The van der Waals surface area contributed by atoms with Gasteiger partial charge in [0, 0.05) is 18.7 Å². The minimum Gasteiger partial charge on any atom is -0.376 e. The van der Waals surface area contributed by atoms with Gasteiger partial charge >= 0.3 is 0 Å². The van der Waals surface area contributed by atoms with E-state index in [2.05, 4.69) is 5.32 Å². The Morgan fingerprint density at radius 2 is 2.06 bits per heavy atom. The van der Waals surface area contributed by atoms with Gasteiger partial charge in [0.2, 0.25) is 5.91 Å². The zero-order chi connectivity index (χ0) is 13.2. The molecule has 1 fully saturated rings. The van der Waals surface area contributed by atoms with E-state index in [-0.39, 0.29) is 5.91 Å². The van der Waals surface area contributed by atoms with Crippen molar-refractivity contribution in [2.24, 2.45) is 5.73 Å². The van der Waals surface area contributed by atoms with Gasteiger partial charge in [0.15, 0.2) is 0 Å². The van der Waals surface area contributed by atoms with E-state index in [9.17, 15) is 4.79 Å². The third-order valence-corrected chi connectivity index (χ3v) is 3.02. The molecular formula is C14H24N2O2. The molecule has 0 aromatic rings. The number of hydrogen-bond donors (Lipinski definition) is 2. The van der Waals surface area contributed by atoms with Gasteiger partial charge in [-0.25, -0.2) is 0 Å². The summed E-state index contributed by atoms with van der Waals surface area (Å²) in [6.07, 6.45) is 11.4. The maximum Gasteiger partial charge on any atom is 0.244 e. The SMILES string of the molecule is CC=CC=CC(=O)NCCOC1CCC(N)CC1. The van der Waals surface area contributed by atoms with Crippen molar-refractivity contribution >= 4 is 5.91 Å². The predicted molar refractivity (Wildman–Crippen MR) is 73.1 cm³/mol. The number of amides is 1. The van der Waals surface area contributed by atoms with Crippen LogP contribution in [0.15, 0.2) is 24.3 Å². The third kappa shape index (κ3) is 6.57. The smallest absolute Gasteiger partial charge is 0.244 e. The summed E-state index contributed by atoms with van der Waals surface area (Å²) in [4.78, 5) is 11.3. The molecule has 18 heavy (non-hydrogen) atoms. The van der Waals surface area contributed by atoms with Crippen LogP contribution in [-0.2, 0) is 9.53 Å². The summed E-state index contributed by atoms with van der Waals surface area (Å²) in [5.74, 6) is -0.0811. The summed E-state index contributed by atoms with van der Waals surface area (Å²) in [6, 6.07) is 0.348. The summed E-state index contributed by atoms with van der Waals surface area (Å²) >= 11 is 0. The Bertz CT molecular complexity index is 292. The number of carbonyl (C=O) groups is 1. The van der Waals surface area contributed by atoms with Gasteiger partial charge in [0.1, 0.15) is 0 Å². The number of nitrogens with one attached hydrogen (secondary N) is 1. The average Bonchev–Trinajstić information content (AvgIpc) is 2.37. The van der Waals surface area contributed by atoms with Crippen molar-refractivity contribution in [3.8, 4) is 0 Å². The summed E-state index contributed by atoms with van der Waals surface area (Å²) in [5.41, 5.74) is 5.82. The quantitative estimate of drug-likeness (QED) is 0.428. The second kappa shape index (κ2) is 8.89. The molecule has 0 saturated heterocycles. The molecule has 3 N–H and O–H groups in total. The fourth-order valence-corrected chi connectivity index (χ4v) is 1.97. The van der Waals surface area contributed by atoms with Crippen LogP contribution in [0.3, 0.4) is 0 Å². The number of rotatable bonds is 6. The van der Waals surface area contributed by atoms with Crippen LogP contribution in [-0.4, -0.2) is 31.2 Å². The molecule has 102 valence electrons. The van der Waals surface area contributed by atoms with Gasteiger partial charge in [-0.05, 0) is 32.6 Å². The van der Waals surface area contributed by atoms with Crippen LogP contribution in [0, 0.1) is 0 Å². The number of hydrogen-bond acceptors (Lipinski definition) is 3. The Balaban J connectivity index is 2.03. The Morgan fingerprint density at radius 3 is 2.72 bits per heavy atom. The van der Waals surface area contributed by atoms with Gasteiger partial charge in [0.05, 0.1) is 12.7 Å². The minimum absolute atomic E-state index is 0.0811. The maximum absolute atomic E-state index is 11.3. The van der Waals surface area contributed by atoms with Crippen LogP contribution in [0.25, 0.3) is 0 Å². The second-order valence-electron chi connectivity index (χ2n) is 4.58. The lowest BCUT2D eigenvalue weighted by molar-refractivity contribution is -0.116. The Hall–Kier alpha value is -1.13. The molecule has 4 nitrogen and oxygen atoms in total.